The van der Waals surface area contributed by atoms with Gasteiger partial charge in [-0.3, -0.25) is 10.1 Å². The van der Waals surface area contributed by atoms with E-state index in [0.29, 0.717) is 22.0 Å². The van der Waals surface area contributed by atoms with Gasteiger partial charge in [-0.05, 0) is 30.3 Å². The molecule has 4 aromatic rings. The molecule has 0 radical (unpaired) electrons. The number of rotatable bonds is 5. The van der Waals surface area contributed by atoms with Crippen LogP contribution in [0.4, 0.5) is 16.2 Å². The molecule has 0 fully saturated rings. The Morgan fingerprint density at radius 2 is 1.87 bits per heavy atom. The number of amides is 2. The highest BCUT2D eigenvalue weighted by atomic mass is 35.5. The molecule has 0 aliphatic rings. The number of pyridine rings is 1. The largest absolute Gasteiger partial charge is 0.444 e. The minimum atomic E-state index is -0.597. The molecule has 8 heteroatoms. The molecule has 7 nitrogen and oxygen atoms in total. The van der Waals surface area contributed by atoms with Crippen molar-refractivity contribution in [3.05, 3.63) is 77.4 Å². The second-order valence-corrected chi connectivity index (χ2v) is 7.31. The van der Waals surface area contributed by atoms with Crippen molar-refractivity contribution in [1.29, 1.82) is 0 Å². The Morgan fingerprint density at radius 1 is 1.03 bits per heavy atom. The smallest absolute Gasteiger partial charge is 0.412 e. The van der Waals surface area contributed by atoms with E-state index < -0.39 is 6.09 Å². The highest BCUT2D eigenvalue weighted by Gasteiger charge is 2.10. The van der Waals surface area contributed by atoms with E-state index in [9.17, 15) is 9.59 Å². The van der Waals surface area contributed by atoms with Crippen LogP contribution in [0.2, 0.25) is 5.02 Å². The number of H-pyrrole nitrogens is 1. The molecular formula is C23H19ClN4O3. The Balaban J connectivity index is 1.47. The maximum absolute atomic E-state index is 12.1. The van der Waals surface area contributed by atoms with Gasteiger partial charge < -0.3 is 15.0 Å². The van der Waals surface area contributed by atoms with Crippen LogP contribution in [0.1, 0.15) is 12.5 Å². The number of halogens is 1. The highest BCUT2D eigenvalue weighted by molar-refractivity contribution is 6.31. The van der Waals surface area contributed by atoms with Crippen LogP contribution >= 0.6 is 11.6 Å². The molecule has 2 heterocycles. The number of anilines is 2. The normalized spacial score (nSPS) is 10.6. The fourth-order valence-electron chi connectivity index (χ4n) is 3.12. The minimum Gasteiger partial charge on any atom is -0.444 e. The number of aromatic nitrogens is 2. The van der Waals surface area contributed by atoms with Gasteiger partial charge in [0.2, 0.25) is 5.91 Å². The first-order valence-electron chi connectivity index (χ1n) is 9.52. The fourth-order valence-corrected chi connectivity index (χ4v) is 3.31. The van der Waals surface area contributed by atoms with E-state index in [1.807, 2.05) is 42.5 Å². The van der Waals surface area contributed by atoms with Crippen LogP contribution in [0.5, 0.6) is 0 Å². The molecule has 0 atom stereocenters. The van der Waals surface area contributed by atoms with Gasteiger partial charge in [0.05, 0.1) is 11.9 Å². The third-order valence-corrected chi connectivity index (χ3v) is 4.90. The van der Waals surface area contributed by atoms with E-state index in [2.05, 4.69) is 20.6 Å². The predicted octanol–water partition coefficient (Wildman–Crippen LogP) is 5.59. The van der Waals surface area contributed by atoms with Gasteiger partial charge in [0.1, 0.15) is 12.3 Å². The Kier molecular flexibility index (Phi) is 5.86. The van der Waals surface area contributed by atoms with Crippen LogP contribution in [0.15, 0.2) is 66.9 Å². The molecule has 156 valence electrons. The average molecular weight is 435 g/mol. The summed E-state index contributed by atoms with van der Waals surface area (Å²) in [7, 11) is 0. The maximum atomic E-state index is 12.1. The fraction of sp³-hybridized carbons (Fsp3) is 0.0870. The number of fused-ring (bicyclic) bond motifs is 1. The van der Waals surface area contributed by atoms with Crippen molar-refractivity contribution >= 4 is 46.0 Å². The van der Waals surface area contributed by atoms with E-state index in [-0.39, 0.29) is 12.5 Å². The summed E-state index contributed by atoms with van der Waals surface area (Å²) in [6.07, 6.45) is 0.951. The number of hydrogen-bond donors (Lipinski definition) is 3. The van der Waals surface area contributed by atoms with Crippen LogP contribution in [0.3, 0.4) is 0 Å². The number of aromatic amines is 1. The zero-order chi connectivity index (χ0) is 21.8. The SMILES string of the molecule is CC(=O)Nc1cccc(-c2cc3cc(NC(=O)OCc4ccccc4Cl)cnc3[nH]2)c1. The first kappa shape index (κ1) is 20.4. The van der Waals surface area contributed by atoms with Crippen molar-refractivity contribution in [2.24, 2.45) is 0 Å². The van der Waals surface area contributed by atoms with Gasteiger partial charge in [-0.15, -0.1) is 0 Å². The lowest BCUT2D eigenvalue weighted by Crippen LogP contribution is -2.13. The number of carbonyl (C=O) groups is 2. The number of nitrogens with one attached hydrogen (secondary N) is 3. The lowest BCUT2D eigenvalue weighted by Gasteiger charge is -2.08. The van der Waals surface area contributed by atoms with Crippen LogP contribution in [-0.4, -0.2) is 22.0 Å². The van der Waals surface area contributed by atoms with E-state index in [1.165, 1.54) is 6.92 Å². The summed E-state index contributed by atoms with van der Waals surface area (Å²) in [6, 6.07) is 18.4. The number of nitrogens with zero attached hydrogens (tertiary/aromatic N) is 1. The van der Waals surface area contributed by atoms with Crippen LogP contribution in [0.25, 0.3) is 22.3 Å². The number of benzene rings is 2. The summed E-state index contributed by atoms with van der Waals surface area (Å²) in [5, 5.41) is 6.81. The molecular weight excluding hydrogens is 416 g/mol. The number of hydrogen-bond acceptors (Lipinski definition) is 4. The zero-order valence-electron chi connectivity index (χ0n) is 16.6. The molecule has 2 aromatic carbocycles. The van der Waals surface area contributed by atoms with E-state index in [1.54, 1.807) is 24.4 Å². The average Bonchev–Trinajstić information content (AvgIpc) is 3.16. The molecule has 0 saturated carbocycles. The molecule has 0 aliphatic heterocycles. The standard InChI is InChI=1S/C23H19ClN4O3/c1-14(29)26-18-7-4-6-15(9-18)21-11-17-10-19(12-25-22(17)28-21)27-23(30)31-13-16-5-2-3-8-20(16)24/h2-12H,13H2,1H3,(H,25,28)(H,26,29)(H,27,30). The monoisotopic (exact) mass is 434 g/mol. The van der Waals surface area contributed by atoms with Crippen molar-refractivity contribution in [1.82, 2.24) is 9.97 Å². The quantitative estimate of drug-likeness (QED) is 0.381. The summed E-state index contributed by atoms with van der Waals surface area (Å²) in [5.74, 6) is -0.132. The van der Waals surface area contributed by atoms with Gasteiger partial charge in [-0.25, -0.2) is 9.78 Å². The summed E-state index contributed by atoms with van der Waals surface area (Å²) >= 11 is 6.07. The molecule has 0 unspecified atom stereocenters. The lowest BCUT2D eigenvalue weighted by molar-refractivity contribution is -0.114. The maximum Gasteiger partial charge on any atom is 0.412 e. The van der Waals surface area contributed by atoms with Gasteiger partial charge >= 0.3 is 6.09 Å². The second kappa shape index (κ2) is 8.89. The summed E-state index contributed by atoms with van der Waals surface area (Å²) < 4.78 is 5.24. The third-order valence-electron chi connectivity index (χ3n) is 4.53. The van der Waals surface area contributed by atoms with Crippen molar-refractivity contribution < 1.29 is 14.3 Å². The number of carbonyl (C=O) groups excluding carboxylic acids is 2. The highest BCUT2D eigenvalue weighted by Crippen LogP contribution is 2.27. The zero-order valence-corrected chi connectivity index (χ0v) is 17.4. The molecule has 2 aromatic heterocycles. The lowest BCUT2D eigenvalue weighted by atomic mass is 10.1. The first-order chi connectivity index (χ1) is 15.0. The van der Waals surface area contributed by atoms with Crippen LogP contribution < -0.4 is 10.6 Å². The Labute approximate surface area is 183 Å². The minimum absolute atomic E-state index is 0.0696. The molecule has 0 bridgehead atoms. The summed E-state index contributed by atoms with van der Waals surface area (Å²) in [4.78, 5) is 31.0. The molecule has 31 heavy (non-hydrogen) atoms. The third kappa shape index (κ3) is 5.02. The van der Waals surface area contributed by atoms with E-state index in [4.69, 9.17) is 16.3 Å². The Hall–Kier alpha value is -3.84. The van der Waals surface area contributed by atoms with Crippen molar-refractivity contribution in [3.8, 4) is 11.3 Å². The van der Waals surface area contributed by atoms with Gasteiger partial charge in [-0.2, -0.15) is 0 Å². The Bertz CT molecular complexity index is 1270. The number of ether oxygens (including phenoxy) is 1. The molecule has 4 rings (SSSR count). The first-order valence-corrected chi connectivity index (χ1v) is 9.90. The molecule has 0 aliphatic carbocycles. The molecule has 0 saturated heterocycles. The molecule has 0 spiro atoms. The topological polar surface area (TPSA) is 96.1 Å². The van der Waals surface area contributed by atoms with E-state index >= 15 is 0 Å². The summed E-state index contributed by atoms with van der Waals surface area (Å²) in [6.45, 7) is 1.54. The summed E-state index contributed by atoms with van der Waals surface area (Å²) in [5.41, 5.74) is 4.36. The van der Waals surface area contributed by atoms with Gasteiger partial charge in [0, 0.05) is 39.8 Å². The van der Waals surface area contributed by atoms with Gasteiger partial charge in [0.25, 0.3) is 0 Å². The predicted molar refractivity (Wildman–Crippen MR) is 121 cm³/mol. The van der Waals surface area contributed by atoms with Gasteiger partial charge in [-0.1, -0.05) is 41.9 Å². The van der Waals surface area contributed by atoms with Crippen molar-refractivity contribution in [2.75, 3.05) is 10.6 Å². The van der Waals surface area contributed by atoms with Crippen molar-refractivity contribution in [2.45, 2.75) is 13.5 Å². The second-order valence-electron chi connectivity index (χ2n) is 6.90. The van der Waals surface area contributed by atoms with Crippen LogP contribution in [0, 0.1) is 0 Å². The van der Waals surface area contributed by atoms with E-state index in [0.717, 1.165) is 22.2 Å². The molecule has 3 N–H and O–H groups in total. The van der Waals surface area contributed by atoms with Gasteiger partial charge in [0.15, 0.2) is 0 Å². The molecule has 2 amide bonds. The van der Waals surface area contributed by atoms with Crippen molar-refractivity contribution in [3.63, 3.8) is 0 Å². The Morgan fingerprint density at radius 3 is 2.68 bits per heavy atom. The van der Waals surface area contributed by atoms with Crippen LogP contribution in [-0.2, 0) is 16.1 Å².